The van der Waals surface area contributed by atoms with Gasteiger partial charge in [-0.3, -0.25) is 4.98 Å². The van der Waals surface area contributed by atoms with E-state index in [1.807, 2.05) is 0 Å². The Kier molecular flexibility index (Phi) is 4.20. The summed E-state index contributed by atoms with van der Waals surface area (Å²) in [6, 6.07) is 8.70. The minimum atomic E-state index is -3.98. The summed E-state index contributed by atoms with van der Waals surface area (Å²) in [5.74, 6) is -1.36. The maximum atomic E-state index is 12.2. The van der Waals surface area contributed by atoms with Crippen molar-refractivity contribution in [3.8, 4) is 0 Å². The number of nitrogens with two attached hydrogens (primary N) is 1. The van der Waals surface area contributed by atoms with E-state index in [4.69, 9.17) is 10.8 Å². The molecule has 1 aromatic carbocycles. The SMILES string of the molecule is Nc1ccc(S(=O)(=O)NCc2ccccn2)c(C(=O)O)c1. The fraction of sp³-hybridized carbons (Fsp3) is 0.0769. The first-order valence-corrected chi connectivity index (χ1v) is 7.41. The van der Waals surface area contributed by atoms with Crippen LogP contribution < -0.4 is 10.5 Å². The summed E-state index contributed by atoms with van der Waals surface area (Å²) in [4.78, 5) is 14.8. The molecule has 0 radical (unpaired) electrons. The highest BCUT2D eigenvalue weighted by atomic mass is 32.2. The molecule has 4 N–H and O–H groups in total. The Bertz CT molecular complexity index is 760. The highest BCUT2D eigenvalue weighted by Gasteiger charge is 2.22. The molecule has 1 aromatic heterocycles. The van der Waals surface area contributed by atoms with Gasteiger partial charge in [-0.2, -0.15) is 0 Å². The van der Waals surface area contributed by atoms with E-state index in [2.05, 4.69) is 9.71 Å². The van der Waals surface area contributed by atoms with Crippen molar-refractivity contribution < 1.29 is 18.3 Å². The summed E-state index contributed by atoms with van der Waals surface area (Å²) >= 11 is 0. The summed E-state index contributed by atoms with van der Waals surface area (Å²) in [5, 5.41) is 9.08. The van der Waals surface area contributed by atoms with Crippen molar-refractivity contribution in [3.05, 3.63) is 53.9 Å². The fourth-order valence-electron chi connectivity index (χ4n) is 1.70. The number of hydrogen-bond acceptors (Lipinski definition) is 5. The number of aromatic nitrogens is 1. The van der Waals surface area contributed by atoms with Gasteiger partial charge in [0.05, 0.1) is 22.7 Å². The van der Waals surface area contributed by atoms with Crippen LogP contribution >= 0.6 is 0 Å². The number of carboxylic acids is 1. The lowest BCUT2D eigenvalue weighted by Crippen LogP contribution is -2.25. The molecule has 0 spiro atoms. The third-order valence-corrected chi connectivity index (χ3v) is 4.15. The van der Waals surface area contributed by atoms with E-state index in [-0.39, 0.29) is 22.7 Å². The lowest BCUT2D eigenvalue weighted by atomic mass is 10.2. The van der Waals surface area contributed by atoms with Crippen molar-refractivity contribution in [1.82, 2.24) is 9.71 Å². The largest absolute Gasteiger partial charge is 0.478 e. The van der Waals surface area contributed by atoms with E-state index in [1.54, 1.807) is 18.2 Å². The van der Waals surface area contributed by atoms with Gasteiger partial charge >= 0.3 is 5.97 Å². The molecule has 0 aliphatic rings. The number of benzene rings is 1. The first-order valence-electron chi connectivity index (χ1n) is 5.92. The van der Waals surface area contributed by atoms with E-state index in [0.29, 0.717) is 5.69 Å². The monoisotopic (exact) mass is 307 g/mol. The van der Waals surface area contributed by atoms with Gasteiger partial charge in [0.25, 0.3) is 0 Å². The van der Waals surface area contributed by atoms with Gasteiger partial charge in [-0.15, -0.1) is 0 Å². The smallest absolute Gasteiger partial charge is 0.337 e. The second-order valence-electron chi connectivity index (χ2n) is 4.21. The summed E-state index contributed by atoms with van der Waals surface area (Å²) < 4.78 is 26.7. The van der Waals surface area contributed by atoms with Crippen LogP contribution in [0.4, 0.5) is 5.69 Å². The van der Waals surface area contributed by atoms with Crippen molar-refractivity contribution in [2.75, 3.05) is 5.73 Å². The molecule has 1 heterocycles. The molecule has 0 saturated carbocycles. The number of nitrogen functional groups attached to an aromatic ring is 1. The van der Waals surface area contributed by atoms with Crippen molar-refractivity contribution in [1.29, 1.82) is 0 Å². The molecule has 0 bridgehead atoms. The molecular weight excluding hydrogens is 294 g/mol. The number of nitrogens with zero attached hydrogens (tertiary/aromatic N) is 1. The quantitative estimate of drug-likeness (QED) is 0.703. The van der Waals surface area contributed by atoms with Crippen LogP contribution in [0, 0.1) is 0 Å². The van der Waals surface area contributed by atoms with Crippen LogP contribution in [0.15, 0.2) is 47.5 Å². The highest BCUT2D eigenvalue weighted by Crippen LogP contribution is 2.19. The molecule has 0 amide bonds. The molecule has 0 unspecified atom stereocenters. The molecule has 2 aromatic rings. The summed E-state index contributed by atoms with van der Waals surface area (Å²) in [6.07, 6.45) is 1.54. The highest BCUT2D eigenvalue weighted by molar-refractivity contribution is 7.89. The maximum absolute atomic E-state index is 12.2. The zero-order chi connectivity index (χ0) is 15.5. The standard InChI is InChI=1S/C13H13N3O4S/c14-9-4-5-12(11(7-9)13(17)18)21(19,20)16-8-10-3-1-2-6-15-10/h1-7,16H,8,14H2,(H,17,18). The first-order chi connectivity index (χ1) is 9.90. The predicted octanol–water partition coefficient (Wildman–Crippen LogP) is 0.840. The van der Waals surface area contributed by atoms with Crippen LogP contribution in [0.5, 0.6) is 0 Å². The second kappa shape index (κ2) is 5.90. The molecule has 0 atom stereocenters. The van der Waals surface area contributed by atoms with Crippen LogP contribution in [0.3, 0.4) is 0 Å². The second-order valence-corrected chi connectivity index (χ2v) is 5.94. The number of sulfonamides is 1. The van der Waals surface area contributed by atoms with Crippen LogP contribution in [-0.4, -0.2) is 24.5 Å². The average Bonchev–Trinajstić information content (AvgIpc) is 2.46. The number of carbonyl (C=O) groups is 1. The fourth-order valence-corrected chi connectivity index (χ4v) is 2.87. The zero-order valence-electron chi connectivity index (χ0n) is 10.9. The zero-order valence-corrected chi connectivity index (χ0v) is 11.7. The third kappa shape index (κ3) is 3.56. The van der Waals surface area contributed by atoms with Crippen molar-refractivity contribution >= 4 is 21.7 Å². The van der Waals surface area contributed by atoms with Gasteiger partial charge in [0.15, 0.2) is 0 Å². The molecule has 2 rings (SSSR count). The Hall–Kier alpha value is -2.45. The van der Waals surface area contributed by atoms with Crippen LogP contribution in [0.25, 0.3) is 0 Å². The predicted molar refractivity (Wildman–Crippen MR) is 76.1 cm³/mol. The average molecular weight is 307 g/mol. The van der Waals surface area contributed by atoms with Crippen LogP contribution in [0.2, 0.25) is 0 Å². The summed E-state index contributed by atoms with van der Waals surface area (Å²) in [5.41, 5.74) is 5.81. The Morgan fingerprint density at radius 1 is 1.29 bits per heavy atom. The van der Waals surface area contributed by atoms with Gasteiger partial charge in [-0.1, -0.05) is 6.07 Å². The normalized spacial score (nSPS) is 11.2. The van der Waals surface area contributed by atoms with Gasteiger partial charge in [0.1, 0.15) is 0 Å². The summed E-state index contributed by atoms with van der Waals surface area (Å²) in [6.45, 7) is -0.0351. The number of pyridine rings is 1. The third-order valence-electron chi connectivity index (χ3n) is 2.69. The molecule has 0 fully saturated rings. The van der Waals surface area contributed by atoms with E-state index >= 15 is 0 Å². The minimum Gasteiger partial charge on any atom is -0.478 e. The van der Waals surface area contributed by atoms with Gasteiger partial charge in [0, 0.05) is 11.9 Å². The van der Waals surface area contributed by atoms with Crippen molar-refractivity contribution in [2.45, 2.75) is 11.4 Å². The Morgan fingerprint density at radius 3 is 2.67 bits per heavy atom. The molecule has 7 nitrogen and oxygen atoms in total. The lowest BCUT2D eigenvalue weighted by Gasteiger charge is -2.09. The molecule has 110 valence electrons. The number of rotatable bonds is 5. The van der Waals surface area contributed by atoms with E-state index in [9.17, 15) is 13.2 Å². The molecule has 0 aliphatic heterocycles. The summed E-state index contributed by atoms with van der Waals surface area (Å²) in [7, 11) is -3.98. The topological polar surface area (TPSA) is 122 Å². The number of nitrogens with one attached hydrogen (secondary N) is 1. The molecule has 21 heavy (non-hydrogen) atoms. The minimum absolute atomic E-state index is 0.0351. The lowest BCUT2D eigenvalue weighted by molar-refractivity contribution is 0.0692. The van der Waals surface area contributed by atoms with Gasteiger partial charge in [0.2, 0.25) is 10.0 Å². The number of anilines is 1. The number of aromatic carboxylic acids is 1. The molecule has 0 saturated heterocycles. The van der Waals surface area contributed by atoms with Gasteiger partial charge in [-0.25, -0.2) is 17.9 Å². The maximum Gasteiger partial charge on any atom is 0.337 e. The van der Waals surface area contributed by atoms with E-state index in [0.717, 1.165) is 6.07 Å². The molecule has 0 aliphatic carbocycles. The first kappa shape index (κ1) is 14.9. The van der Waals surface area contributed by atoms with Crippen LogP contribution in [-0.2, 0) is 16.6 Å². The Labute approximate surface area is 121 Å². The van der Waals surface area contributed by atoms with E-state index in [1.165, 1.54) is 18.3 Å². The van der Waals surface area contributed by atoms with E-state index < -0.39 is 16.0 Å². The van der Waals surface area contributed by atoms with Crippen molar-refractivity contribution in [3.63, 3.8) is 0 Å². The molecule has 8 heteroatoms. The van der Waals surface area contributed by atoms with Crippen molar-refractivity contribution in [2.24, 2.45) is 0 Å². The Balaban J connectivity index is 2.30. The van der Waals surface area contributed by atoms with Crippen LogP contribution in [0.1, 0.15) is 16.1 Å². The Morgan fingerprint density at radius 2 is 2.05 bits per heavy atom. The van der Waals surface area contributed by atoms with Gasteiger partial charge < -0.3 is 10.8 Å². The van der Waals surface area contributed by atoms with Gasteiger partial charge in [-0.05, 0) is 30.3 Å². The number of carboxylic acid groups (broad SMARTS) is 1. The number of hydrogen-bond donors (Lipinski definition) is 3. The molecular formula is C13H13N3O4S.